The van der Waals surface area contributed by atoms with Crippen LogP contribution in [0.5, 0.6) is 0 Å². The van der Waals surface area contributed by atoms with E-state index in [0.29, 0.717) is 0 Å². The molecule has 16 heavy (non-hydrogen) atoms. The maximum atomic E-state index is 2.65. The fraction of sp³-hybridized carbons (Fsp3) is 1.00. The summed E-state index contributed by atoms with van der Waals surface area (Å²) in [6.07, 6.45) is 8.69. The first-order valence-corrected chi connectivity index (χ1v) is 13.1. The van der Waals surface area contributed by atoms with E-state index in [1.165, 1.54) is 38.5 Å². The lowest BCUT2D eigenvalue weighted by Crippen LogP contribution is -2.39. The van der Waals surface area contributed by atoms with E-state index < -0.39 is 8.07 Å². The van der Waals surface area contributed by atoms with E-state index >= 15 is 0 Å². The molecule has 1 radical (unpaired) electrons. The van der Waals surface area contributed by atoms with Crippen molar-refractivity contribution in [1.82, 2.24) is 0 Å². The molecule has 0 heterocycles. The van der Waals surface area contributed by atoms with Crippen LogP contribution in [0, 0.1) is 0 Å². The molecule has 0 N–H and O–H groups in total. The smallest absolute Gasteiger partial charge is 0.0476 e. The second kappa shape index (κ2) is 8.51. The molecule has 0 aliphatic heterocycles. The third-order valence-corrected chi connectivity index (χ3v) is 13.5. The van der Waals surface area contributed by atoms with Gasteiger partial charge < -0.3 is 0 Å². The minimum atomic E-state index is -0.922. The summed E-state index contributed by atoms with van der Waals surface area (Å²) in [5.41, 5.74) is 0. The maximum absolute atomic E-state index is 2.65. The minimum Gasteiger partial charge on any atom is -0.0713 e. The lowest BCUT2D eigenvalue weighted by molar-refractivity contribution is 0.692. The van der Waals surface area contributed by atoms with Gasteiger partial charge in [-0.2, -0.15) is 0 Å². The highest BCUT2D eigenvalue weighted by Crippen LogP contribution is 2.34. The summed E-state index contributed by atoms with van der Waals surface area (Å²) in [7, 11) is -0.994. The minimum absolute atomic E-state index is 0.0729. The van der Waals surface area contributed by atoms with Crippen molar-refractivity contribution in [2.24, 2.45) is 0 Å². The molecule has 0 bridgehead atoms. The third-order valence-electron chi connectivity index (χ3n) is 3.89. The SMILES string of the molecule is CCCCCC[Si](C)(C)C(CCC)[Si](C)C. The predicted octanol–water partition coefficient (Wildman–Crippen LogP) is 5.74. The van der Waals surface area contributed by atoms with Crippen molar-refractivity contribution in [3.8, 4) is 0 Å². The van der Waals surface area contributed by atoms with Gasteiger partial charge in [-0.15, -0.1) is 0 Å². The Morgan fingerprint density at radius 2 is 1.56 bits per heavy atom. The number of hydrogen-bond acceptors (Lipinski definition) is 0. The summed E-state index contributed by atoms with van der Waals surface area (Å²) in [6, 6.07) is 1.58. The van der Waals surface area contributed by atoms with Gasteiger partial charge in [0.05, 0.1) is 0 Å². The van der Waals surface area contributed by atoms with E-state index in [1.54, 1.807) is 6.04 Å². The zero-order chi connectivity index (χ0) is 12.6. The molecule has 0 fully saturated rings. The summed E-state index contributed by atoms with van der Waals surface area (Å²) in [6.45, 7) is 15.0. The van der Waals surface area contributed by atoms with Crippen LogP contribution in [0.3, 0.4) is 0 Å². The summed E-state index contributed by atoms with van der Waals surface area (Å²) in [4.78, 5) is 0. The first kappa shape index (κ1) is 16.4. The number of unbranched alkanes of at least 4 members (excludes halogenated alkanes) is 3. The first-order chi connectivity index (χ1) is 7.45. The summed E-state index contributed by atoms with van der Waals surface area (Å²) in [5, 5.41) is 1.14. The van der Waals surface area contributed by atoms with Gasteiger partial charge >= 0.3 is 0 Å². The Bertz CT molecular complexity index is 164. The van der Waals surface area contributed by atoms with Crippen LogP contribution in [-0.2, 0) is 0 Å². The fourth-order valence-corrected chi connectivity index (χ4v) is 13.1. The molecule has 0 saturated carbocycles. The second-order valence-corrected chi connectivity index (χ2v) is 14.8. The highest BCUT2D eigenvalue weighted by Gasteiger charge is 2.32. The van der Waals surface area contributed by atoms with Gasteiger partial charge in [-0.25, -0.2) is 0 Å². The van der Waals surface area contributed by atoms with Gasteiger partial charge in [0.2, 0.25) is 0 Å². The Morgan fingerprint density at radius 3 is 2.00 bits per heavy atom. The Balaban J connectivity index is 4.13. The molecule has 0 aromatic rings. The maximum Gasteiger partial charge on any atom is 0.0476 e. The van der Waals surface area contributed by atoms with Gasteiger partial charge in [0.1, 0.15) is 0 Å². The molecular weight excluding hydrogens is 224 g/mol. The Hall–Kier alpha value is 0.434. The molecule has 1 atom stereocenters. The van der Waals surface area contributed by atoms with Gasteiger partial charge in [-0.3, -0.25) is 0 Å². The largest absolute Gasteiger partial charge is 0.0713 e. The zero-order valence-corrected chi connectivity index (χ0v) is 14.5. The van der Waals surface area contributed by atoms with Crippen LogP contribution in [-0.4, -0.2) is 16.9 Å². The average Bonchev–Trinajstić information content (AvgIpc) is 2.20. The molecule has 1 unspecified atom stereocenters. The molecule has 0 rings (SSSR count). The monoisotopic (exact) mass is 257 g/mol. The van der Waals surface area contributed by atoms with E-state index in [4.69, 9.17) is 0 Å². The van der Waals surface area contributed by atoms with E-state index in [-0.39, 0.29) is 8.80 Å². The zero-order valence-electron chi connectivity index (χ0n) is 12.5. The van der Waals surface area contributed by atoms with E-state index in [9.17, 15) is 0 Å². The molecule has 0 amide bonds. The van der Waals surface area contributed by atoms with Crippen LogP contribution in [0.15, 0.2) is 0 Å². The molecule has 0 aliphatic carbocycles. The van der Waals surface area contributed by atoms with Crippen molar-refractivity contribution in [2.75, 3.05) is 0 Å². The van der Waals surface area contributed by atoms with Crippen molar-refractivity contribution in [3.63, 3.8) is 0 Å². The normalized spacial score (nSPS) is 14.4. The molecule has 0 spiro atoms. The lowest BCUT2D eigenvalue weighted by atomic mass is 10.2. The average molecular weight is 258 g/mol. The van der Waals surface area contributed by atoms with Crippen LogP contribution in [0.4, 0.5) is 0 Å². The Morgan fingerprint density at radius 1 is 0.938 bits per heavy atom. The third kappa shape index (κ3) is 6.24. The number of rotatable bonds is 9. The highest BCUT2D eigenvalue weighted by molar-refractivity contribution is 6.89. The highest BCUT2D eigenvalue weighted by atomic mass is 28.4. The van der Waals surface area contributed by atoms with E-state index in [1.807, 2.05) is 0 Å². The van der Waals surface area contributed by atoms with Crippen LogP contribution in [0.25, 0.3) is 0 Å². The second-order valence-electron chi connectivity index (χ2n) is 6.22. The molecule has 0 aromatic carbocycles. The molecule has 97 valence electrons. The van der Waals surface area contributed by atoms with Crippen molar-refractivity contribution in [1.29, 1.82) is 0 Å². The molecule has 0 saturated heterocycles. The van der Waals surface area contributed by atoms with Crippen LogP contribution in [0.1, 0.15) is 52.4 Å². The van der Waals surface area contributed by atoms with Crippen LogP contribution < -0.4 is 0 Å². The number of hydrogen-bond donors (Lipinski definition) is 0. The molecule has 0 aromatic heterocycles. The summed E-state index contributed by atoms with van der Waals surface area (Å²) >= 11 is 0. The van der Waals surface area contributed by atoms with Gasteiger partial charge in [-0.05, 0) is 0 Å². The molecular formula is C14H33Si2. The van der Waals surface area contributed by atoms with Crippen molar-refractivity contribution >= 4 is 16.9 Å². The van der Waals surface area contributed by atoms with Gasteiger partial charge in [0, 0.05) is 16.9 Å². The topological polar surface area (TPSA) is 0 Å². The van der Waals surface area contributed by atoms with Crippen molar-refractivity contribution in [2.45, 2.75) is 89.8 Å². The molecule has 2 heteroatoms. The summed E-state index contributed by atoms with van der Waals surface area (Å²) < 4.78 is 0. The standard InChI is InChI=1S/C14H33Si2/c1-7-9-10-11-13-16(5,6)14(12-8-2)15(3)4/h14H,7-13H2,1-6H3. The summed E-state index contributed by atoms with van der Waals surface area (Å²) in [5.74, 6) is 0. The van der Waals surface area contributed by atoms with E-state index in [2.05, 4.69) is 40.0 Å². The van der Waals surface area contributed by atoms with Crippen LogP contribution >= 0.6 is 0 Å². The molecule has 0 nitrogen and oxygen atoms in total. The van der Waals surface area contributed by atoms with Gasteiger partial charge in [-0.1, -0.05) is 89.8 Å². The van der Waals surface area contributed by atoms with E-state index in [0.717, 1.165) is 5.16 Å². The fourth-order valence-electron chi connectivity index (χ4n) is 2.93. The first-order valence-electron chi connectivity index (χ1n) is 7.25. The van der Waals surface area contributed by atoms with Gasteiger partial charge in [0.25, 0.3) is 0 Å². The Labute approximate surface area is 107 Å². The van der Waals surface area contributed by atoms with Gasteiger partial charge in [0.15, 0.2) is 0 Å². The quantitative estimate of drug-likeness (QED) is 0.365. The Kier molecular flexibility index (Phi) is 8.74. The van der Waals surface area contributed by atoms with Crippen molar-refractivity contribution in [3.05, 3.63) is 0 Å². The lowest BCUT2D eigenvalue weighted by Gasteiger charge is -2.35. The predicted molar refractivity (Wildman–Crippen MR) is 82.6 cm³/mol. The van der Waals surface area contributed by atoms with Crippen LogP contribution in [0.2, 0.25) is 37.4 Å². The molecule has 0 aliphatic rings. The van der Waals surface area contributed by atoms with Crippen molar-refractivity contribution < 1.29 is 0 Å².